The van der Waals surface area contributed by atoms with Gasteiger partial charge in [0.05, 0.1) is 5.70 Å². The zero-order valence-corrected chi connectivity index (χ0v) is 22.8. The maximum absolute atomic E-state index is 5.37. The van der Waals surface area contributed by atoms with Crippen LogP contribution in [0, 0.1) is 5.92 Å². The summed E-state index contributed by atoms with van der Waals surface area (Å²) >= 11 is 0. The van der Waals surface area contributed by atoms with E-state index < -0.39 is 5.41 Å². The van der Waals surface area contributed by atoms with E-state index in [9.17, 15) is 0 Å². The Labute approximate surface area is 227 Å². The number of allylic oxidation sites excluding steroid dienone is 1. The first-order valence-electron chi connectivity index (χ1n) is 12.6. The fraction of sp³-hybridized carbons (Fsp3) is 0.290. The van der Waals surface area contributed by atoms with Gasteiger partial charge in [-0.25, -0.2) is 4.98 Å². The Balaban J connectivity index is 0.00000252. The molecule has 6 heteroatoms. The first kappa shape index (κ1) is 24.0. The number of rotatable bonds is 0. The summed E-state index contributed by atoms with van der Waals surface area (Å²) in [7, 11) is 2.07. The van der Waals surface area contributed by atoms with Crippen molar-refractivity contribution < 1.29 is 17.1 Å². The Hall–Kier alpha value is -3.34. The second kappa shape index (κ2) is 7.83. The molecule has 1 unspecified atom stereocenters. The maximum atomic E-state index is 5.37. The molecule has 5 heterocycles. The molecule has 0 amide bonds. The van der Waals surface area contributed by atoms with Crippen LogP contribution < -0.4 is 9.97 Å². The van der Waals surface area contributed by atoms with Crippen molar-refractivity contribution >= 4 is 33.0 Å². The Morgan fingerprint density at radius 3 is 1.86 bits per heavy atom. The van der Waals surface area contributed by atoms with E-state index in [0.717, 1.165) is 61.9 Å². The van der Waals surface area contributed by atoms with E-state index in [4.69, 9.17) is 19.9 Å². The van der Waals surface area contributed by atoms with Gasteiger partial charge in [0.2, 0.25) is 0 Å². The van der Waals surface area contributed by atoms with Gasteiger partial charge in [-0.3, -0.25) is 4.99 Å². The first-order chi connectivity index (χ1) is 17.2. The van der Waals surface area contributed by atoms with E-state index in [-0.39, 0.29) is 28.4 Å². The molecule has 0 fully saturated rings. The number of nitrogens with zero attached hydrogens (tertiary/aromatic N) is 5. The molecule has 3 aromatic heterocycles. The Bertz CT molecular complexity index is 1770. The monoisotopic (exact) mass is 534 g/mol. The summed E-state index contributed by atoms with van der Waals surface area (Å²) < 4.78 is 2.13. The first-order valence-corrected chi connectivity index (χ1v) is 12.6. The molecule has 37 heavy (non-hydrogen) atoms. The maximum Gasteiger partial charge on any atom is 2.00 e. The predicted octanol–water partition coefficient (Wildman–Crippen LogP) is 6.35. The molecule has 7 rings (SSSR count). The van der Waals surface area contributed by atoms with Crippen molar-refractivity contribution in [2.75, 3.05) is 0 Å². The number of aryl methyl sites for hydroxylation is 1. The number of hydrogen-bond donors (Lipinski definition) is 0. The minimum atomic E-state index is -0.420. The molecule has 0 spiro atoms. The van der Waals surface area contributed by atoms with Crippen LogP contribution in [0.4, 0.5) is 0 Å². The molecule has 2 aromatic carbocycles. The zero-order valence-electron chi connectivity index (χ0n) is 21.9. The average Bonchev–Trinajstić information content (AvgIpc) is 3.61. The van der Waals surface area contributed by atoms with Crippen LogP contribution in [0.5, 0.6) is 0 Å². The van der Waals surface area contributed by atoms with Crippen LogP contribution in [0.15, 0.2) is 65.8 Å². The topological polar surface area (TPSA) is 58.4 Å². The van der Waals surface area contributed by atoms with Crippen molar-refractivity contribution in [2.45, 2.75) is 45.4 Å². The molecular formula is C31H29CuN5. The van der Waals surface area contributed by atoms with Crippen LogP contribution in [0.1, 0.15) is 57.5 Å². The number of imidazole rings is 1. The van der Waals surface area contributed by atoms with E-state index in [1.165, 1.54) is 5.39 Å². The van der Waals surface area contributed by atoms with E-state index in [1.807, 2.05) is 0 Å². The van der Waals surface area contributed by atoms with Crippen LogP contribution in [-0.2, 0) is 34.9 Å². The van der Waals surface area contributed by atoms with E-state index >= 15 is 0 Å². The third-order valence-electron chi connectivity index (χ3n) is 8.15. The normalized spacial score (nSPS) is 19.4. The SMILES string of the molecule is CC1C=C2N=C1C(C)(C)c1[n-]c(c3ccccc13)-c1[n-]c(c3ccccc13)C(C)(C)c1nc2cn1C.[Cu+2]. The van der Waals surface area contributed by atoms with Gasteiger partial charge >= 0.3 is 17.1 Å². The Morgan fingerprint density at radius 2 is 1.30 bits per heavy atom. The molecule has 189 valence electrons. The van der Waals surface area contributed by atoms with Crippen molar-refractivity contribution in [3.8, 4) is 11.4 Å². The second-order valence-corrected chi connectivity index (χ2v) is 11.4. The Morgan fingerprint density at radius 1 is 0.784 bits per heavy atom. The number of aromatic nitrogens is 4. The number of benzene rings is 2. The van der Waals surface area contributed by atoms with Gasteiger partial charge in [0.15, 0.2) is 0 Å². The van der Waals surface area contributed by atoms with Gasteiger partial charge in [0, 0.05) is 35.7 Å². The quantitative estimate of drug-likeness (QED) is 0.217. The van der Waals surface area contributed by atoms with Crippen LogP contribution in [0.3, 0.4) is 0 Å². The largest absolute Gasteiger partial charge is 2.00 e. The van der Waals surface area contributed by atoms with Crippen LogP contribution >= 0.6 is 0 Å². The molecule has 2 aliphatic heterocycles. The van der Waals surface area contributed by atoms with E-state index in [2.05, 4.69) is 107 Å². The van der Waals surface area contributed by atoms with Crippen LogP contribution in [0.25, 0.3) is 38.6 Å². The van der Waals surface area contributed by atoms with Crippen LogP contribution in [-0.4, -0.2) is 15.3 Å². The van der Waals surface area contributed by atoms with Gasteiger partial charge < -0.3 is 14.5 Å². The fourth-order valence-corrected chi connectivity index (χ4v) is 6.40. The summed E-state index contributed by atoms with van der Waals surface area (Å²) in [6.07, 6.45) is 4.35. The van der Waals surface area contributed by atoms with Crippen molar-refractivity contribution in [1.29, 1.82) is 0 Å². The number of hydrogen-bond acceptors (Lipinski definition) is 2. The predicted molar refractivity (Wildman–Crippen MR) is 146 cm³/mol. The molecular weight excluding hydrogens is 506 g/mol. The standard InChI is InChI=1S/C31H29N5.Cu/c1-17-15-22-23-16-36(6)29(33-23)31(4,5)28-21-14-10-8-12-19(21)25(35-28)24-18-11-7-9-13-20(18)27(34-24)30(2,3)26(17)32-22;/h7-17H,1-6H3;/q-2;+2. The molecule has 5 nitrogen and oxygen atoms in total. The van der Waals surface area contributed by atoms with E-state index in [1.54, 1.807) is 0 Å². The summed E-state index contributed by atoms with van der Waals surface area (Å²) in [5.41, 5.74) is 6.17. The summed E-state index contributed by atoms with van der Waals surface area (Å²) in [6.45, 7) is 11.2. The molecule has 2 aliphatic rings. The van der Waals surface area contributed by atoms with Crippen LogP contribution in [0.2, 0.25) is 0 Å². The van der Waals surface area contributed by atoms with Gasteiger partial charge in [0.1, 0.15) is 11.5 Å². The minimum absolute atomic E-state index is 0. The summed E-state index contributed by atoms with van der Waals surface area (Å²) in [4.78, 5) is 21.1. The van der Waals surface area contributed by atoms with Gasteiger partial charge in [-0.05, 0) is 27.6 Å². The van der Waals surface area contributed by atoms with E-state index in [0.29, 0.717) is 0 Å². The van der Waals surface area contributed by atoms with Crippen molar-refractivity contribution in [1.82, 2.24) is 19.5 Å². The van der Waals surface area contributed by atoms with Crippen molar-refractivity contribution in [3.05, 3.63) is 83.7 Å². The average molecular weight is 535 g/mol. The molecule has 0 saturated carbocycles. The summed E-state index contributed by atoms with van der Waals surface area (Å²) in [6, 6.07) is 17.1. The molecule has 1 radical (unpaired) electrons. The molecule has 5 aromatic rings. The van der Waals surface area contributed by atoms with Crippen molar-refractivity contribution in [2.24, 2.45) is 18.0 Å². The third-order valence-corrected chi connectivity index (χ3v) is 8.15. The number of aliphatic imine (C=N–C) groups is 1. The summed E-state index contributed by atoms with van der Waals surface area (Å²) in [5, 5.41) is 4.59. The third kappa shape index (κ3) is 3.15. The van der Waals surface area contributed by atoms with Gasteiger partial charge in [-0.1, -0.05) is 83.1 Å². The van der Waals surface area contributed by atoms with Gasteiger partial charge in [-0.15, -0.1) is 22.8 Å². The smallest absolute Gasteiger partial charge is 0.661 e. The molecule has 8 bridgehead atoms. The minimum Gasteiger partial charge on any atom is -0.661 e. The zero-order chi connectivity index (χ0) is 25.0. The molecule has 1 atom stereocenters. The molecule has 0 saturated heterocycles. The fourth-order valence-electron chi connectivity index (χ4n) is 6.40. The van der Waals surface area contributed by atoms with Gasteiger partial charge in [-0.2, -0.15) is 0 Å². The second-order valence-electron chi connectivity index (χ2n) is 11.4. The summed E-state index contributed by atoms with van der Waals surface area (Å²) in [5.74, 6) is 1.17. The van der Waals surface area contributed by atoms with Gasteiger partial charge in [0.25, 0.3) is 0 Å². The Kier molecular flexibility index (Phi) is 5.08. The molecule has 0 N–H and O–H groups in total. The van der Waals surface area contributed by atoms with Crippen molar-refractivity contribution in [3.63, 3.8) is 0 Å². The number of fused-ring (bicyclic) bond motifs is 15. The molecule has 0 aliphatic carbocycles.